The highest BCUT2D eigenvalue weighted by Crippen LogP contribution is 2.20. The van der Waals surface area contributed by atoms with Crippen molar-refractivity contribution in [3.8, 4) is 5.75 Å². The number of rotatable bonds is 3. The van der Waals surface area contributed by atoms with E-state index in [1.54, 1.807) is 0 Å². The van der Waals surface area contributed by atoms with Crippen LogP contribution in [0.4, 0.5) is 10.6 Å². The van der Waals surface area contributed by atoms with Gasteiger partial charge in [-0.2, -0.15) is 0 Å². The average molecular weight is 265 g/mol. The van der Waals surface area contributed by atoms with Crippen LogP contribution < -0.4 is 20.7 Å². The zero-order valence-electron chi connectivity index (χ0n) is 11.4. The monoisotopic (exact) mass is 265 g/mol. The quantitative estimate of drug-likeness (QED) is 0.750. The summed E-state index contributed by atoms with van der Waals surface area (Å²) < 4.78 is 5.08. The number of carbonyl (C=O) groups is 1. The fraction of sp³-hybridized carbons (Fsp3) is 0.583. The number of anilines is 1. The summed E-state index contributed by atoms with van der Waals surface area (Å²) in [5.41, 5.74) is -0.104. The average Bonchev–Trinajstić information content (AvgIpc) is 2.69. The van der Waals surface area contributed by atoms with E-state index in [1.807, 2.05) is 0 Å². The number of urea groups is 1. The lowest BCUT2D eigenvalue weighted by molar-refractivity contribution is 0.242. The first-order valence-electron chi connectivity index (χ1n) is 6.19. The number of hydrogen-bond acceptors (Lipinski definition) is 5. The molecule has 1 aromatic rings. The number of hydrogen-bond donors (Lipinski definition) is 3. The van der Waals surface area contributed by atoms with Crippen LogP contribution in [-0.2, 0) is 0 Å². The highest BCUT2D eigenvalue weighted by molar-refractivity contribution is 5.89. The zero-order valence-corrected chi connectivity index (χ0v) is 11.4. The van der Waals surface area contributed by atoms with Gasteiger partial charge < -0.3 is 15.4 Å². The van der Waals surface area contributed by atoms with Gasteiger partial charge in [-0.25, -0.2) is 14.8 Å². The van der Waals surface area contributed by atoms with Crippen molar-refractivity contribution in [2.24, 2.45) is 0 Å². The molecule has 0 spiro atoms. The first-order chi connectivity index (χ1) is 9.03. The zero-order chi connectivity index (χ0) is 13.9. The summed E-state index contributed by atoms with van der Waals surface area (Å²) in [6, 6.07) is -0.209. The van der Waals surface area contributed by atoms with Crippen molar-refractivity contribution < 1.29 is 9.53 Å². The summed E-state index contributed by atoms with van der Waals surface area (Å²) >= 11 is 0. The maximum atomic E-state index is 12.0. The van der Waals surface area contributed by atoms with Gasteiger partial charge in [-0.1, -0.05) is 0 Å². The number of ether oxygens (including phenoxy) is 1. The highest BCUT2D eigenvalue weighted by Gasteiger charge is 2.35. The van der Waals surface area contributed by atoms with E-state index in [9.17, 15) is 4.79 Å². The van der Waals surface area contributed by atoms with Gasteiger partial charge in [0.05, 0.1) is 13.3 Å². The van der Waals surface area contributed by atoms with Gasteiger partial charge in [0.25, 0.3) is 0 Å². The molecule has 1 aliphatic rings. The highest BCUT2D eigenvalue weighted by atomic mass is 16.5. The molecular formula is C12H19N5O2. The molecule has 1 fully saturated rings. The molecular weight excluding hydrogens is 246 g/mol. The second kappa shape index (κ2) is 5.40. The molecule has 19 heavy (non-hydrogen) atoms. The van der Waals surface area contributed by atoms with E-state index in [-0.39, 0.29) is 17.6 Å². The van der Waals surface area contributed by atoms with Gasteiger partial charge in [-0.15, -0.1) is 0 Å². The Bertz CT molecular complexity index is 463. The Morgan fingerprint density at radius 1 is 1.58 bits per heavy atom. The molecule has 2 rings (SSSR count). The van der Waals surface area contributed by atoms with Crippen LogP contribution in [-0.4, -0.2) is 41.2 Å². The first kappa shape index (κ1) is 13.5. The van der Waals surface area contributed by atoms with Crippen LogP contribution in [0.15, 0.2) is 12.5 Å². The SMILES string of the molecule is COc1cncnc1NC(=O)NC1CCNC1(C)C. The summed E-state index contributed by atoms with van der Waals surface area (Å²) in [6.07, 6.45) is 3.77. The third kappa shape index (κ3) is 3.11. The van der Waals surface area contributed by atoms with Crippen LogP contribution in [0.5, 0.6) is 5.75 Å². The minimum Gasteiger partial charge on any atom is -0.491 e. The van der Waals surface area contributed by atoms with Gasteiger partial charge >= 0.3 is 6.03 Å². The summed E-state index contributed by atoms with van der Waals surface area (Å²) in [5.74, 6) is 0.792. The molecule has 2 heterocycles. The maximum Gasteiger partial charge on any atom is 0.320 e. The van der Waals surface area contributed by atoms with E-state index >= 15 is 0 Å². The Balaban J connectivity index is 1.98. The van der Waals surface area contributed by atoms with Crippen molar-refractivity contribution in [3.05, 3.63) is 12.5 Å². The number of nitrogens with zero attached hydrogens (tertiary/aromatic N) is 2. The van der Waals surface area contributed by atoms with Crippen molar-refractivity contribution in [2.45, 2.75) is 31.8 Å². The molecule has 1 unspecified atom stereocenters. The van der Waals surface area contributed by atoms with Crippen LogP contribution in [0.1, 0.15) is 20.3 Å². The minimum atomic E-state index is -0.293. The van der Waals surface area contributed by atoms with Crippen LogP contribution in [0.2, 0.25) is 0 Å². The van der Waals surface area contributed by atoms with Crippen molar-refractivity contribution in [1.82, 2.24) is 20.6 Å². The van der Waals surface area contributed by atoms with E-state index in [2.05, 4.69) is 39.8 Å². The lowest BCUT2D eigenvalue weighted by atomic mass is 9.97. The number of nitrogens with one attached hydrogen (secondary N) is 3. The first-order valence-corrected chi connectivity index (χ1v) is 6.19. The van der Waals surface area contributed by atoms with E-state index in [0.717, 1.165) is 13.0 Å². The normalized spacial score (nSPS) is 20.9. The lowest BCUT2D eigenvalue weighted by Crippen LogP contribution is -2.51. The molecule has 104 valence electrons. The Hall–Kier alpha value is -1.89. The summed E-state index contributed by atoms with van der Waals surface area (Å²) in [7, 11) is 1.51. The van der Waals surface area contributed by atoms with E-state index in [4.69, 9.17) is 4.74 Å². The fourth-order valence-corrected chi connectivity index (χ4v) is 2.14. The largest absolute Gasteiger partial charge is 0.491 e. The van der Waals surface area contributed by atoms with Gasteiger partial charge in [-0.05, 0) is 26.8 Å². The van der Waals surface area contributed by atoms with Crippen molar-refractivity contribution >= 4 is 11.8 Å². The lowest BCUT2D eigenvalue weighted by Gasteiger charge is -2.27. The number of aromatic nitrogens is 2. The Morgan fingerprint density at radius 3 is 3.00 bits per heavy atom. The van der Waals surface area contributed by atoms with Crippen molar-refractivity contribution in [2.75, 3.05) is 19.0 Å². The van der Waals surface area contributed by atoms with E-state index in [1.165, 1.54) is 19.6 Å². The molecule has 0 aliphatic carbocycles. The summed E-state index contributed by atoms with van der Waals surface area (Å²) in [6.45, 7) is 5.03. The van der Waals surface area contributed by atoms with Crippen molar-refractivity contribution in [1.29, 1.82) is 0 Å². The van der Waals surface area contributed by atoms with E-state index in [0.29, 0.717) is 11.6 Å². The number of amides is 2. The molecule has 0 saturated carbocycles. The smallest absolute Gasteiger partial charge is 0.320 e. The molecule has 1 aromatic heterocycles. The molecule has 1 saturated heterocycles. The molecule has 1 atom stereocenters. The Labute approximate surface area is 112 Å². The molecule has 3 N–H and O–H groups in total. The van der Waals surface area contributed by atoms with Gasteiger partial charge in [0.2, 0.25) is 0 Å². The topological polar surface area (TPSA) is 88.2 Å². The standard InChI is InChI=1S/C12H19N5O2/c1-12(2)9(4-5-15-12)16-11(18)17-10-8(19-3)6-13-7-14-10/h6-7,9,15H,4-5H2,1-3H3,(H2,13,14,16,17,18). The van der Waals surface area contributed by atoms with Gasteiger partial charge in [0, 0.05) is 11.6 Å². The van der Waals surface area contributed by atoms with Gasteiger partial charge in [0.15, 0.2) is 11.6 Å². The third-order valence-electron chi connectivity index (χ3n) is 3.32. The predicted molar refractivity (Wildman–Crippen MR) is 71.2 cm³/mol. The van der Waals surface area contributed by atoms with Crippen molar-refractivity contribution in [3.63, 3.8) is 0 Å². The summed E-state index contributed by atoms with van der Waals surface area (Å²) in [4.78, 5) is 19.8. The molecule has 0 aromatic carbocycles. The second-order valence-corrected chi connectivity index (χ2v) is 5.03. The third-order valence-corrected chi connectivity index (χ3v) is 3.32. The van der Waals surface area contributed by atoms with Gasteiger partial charge in [0.1, 0.15) is 6.33 Å². The molecule has 7 nitrogen and oxygen atoms in total. The minimum absolute atomic E-state index is 0.0836. The van der Waals surface area contributed by atoms with Gasteiger partial charge in [-0.3, -0.25) is 5.32 Å². The number of methoxy groups -OCH3 is 1. The molecule has 0 radical (unpaired) electrons. The molecule has 2 amide bonds. The molecule has 7 heteroatoms. The van der Waals surface area contributed by atoms with Crippen LogP contribution >= 0.6 is 0 Å². The molecule has 0 bridgehead atoms. The number of carbonyl (C=O) groups excluding carboxylic acids is 1. The summed E-state index contributed by atoms with van der Waals surface area (Å²) in [5, 5.41) is 8.96. The van der Waals surface area contributed by atoms with E-state index < -0.39 is 0 Å². The predicted octanol–water partition coefficient (Wildman–Crippen LogP) is 0.747. The van der Waals surface area contributed by atoms with Crippen LogP contribution in [0.3, 0.4) is 0 Å². The maximum absolute atomic E-state index is 12.0. The second-order valence-electron chi connectivity index (χ2n) is 5.03. The Morgan fingerprint density at radius 2 is 2.37 bits per heavy atom. The van der Waals surface area contributed by atoms with Crippen LogP contribution in [0.25, 0.3) is 0 Å². The van der Waals surface area contributed by atoms with Crippen LogP contribution in [0, 0.1) is 0 Å². The molecule has 1 aliphatic heterocycles. The fourth-order valence-electron chi connectivity index (χ4n) is 2.14. The Kier molecular flexibility index (Phi) is 3.84.